The first-order valence-corrected chi connectivity index (χ1v) is 6.99. The number of nitrogens with one attached hydrogen (secondary N) is 1. The molecule has 1 aromatic carbocycles. The normalized spacial score (nSPS) is 11.2. The lowest BCUT2D eigenvalue weighted by atomic mass is 10.2. The maximum Gasteiger partial charge on any atom is 0.216 e. The van der Waals surface area contributed by atoms with Gasteiger partial charge in [0.2, 0.25) is 10.0 Å². The quantitative estimate of drug-likeness (QED) is 0.620. The van der Waals surface area contributed by atoms with E-state index >= 15 is 0 Å². The molecule has 0 spiro atoms. The summed E-state index contributed by atoms with van der Waals surface area (Å²) in [7, 11) is -3.30. The summed E-state index contributed by atoms with van der Waals surface area (Å²) in [6.07, 6.45) is 1.83. The van der Waals surface area contributed by atoms with Gasteiger partial charge in [0.15, 0.2) is 0 Å². The number of allylic oxidation sites excluding steroid dienone is 1. The molecule has 0 aliphatic heterocycles. The molecule has 1 rings (SSSR count). The lowest BCUT2D eigenvalue weighted by molar-refractivity contribution is 0.584. The second-order valence-electron chi connectivity index (χ2n) is 4.13. The molecule has 0 heterocycles. The van der Waals surface area contributed by atoms with Crippen molar-refractivity contribution in [2.45, 2.75) is 19.6 Å². The zero-order chi connectivity index (χ0) is 12.9. The summed E-state index contributed by atoms with van der Waals surface area (Å²) in [5.41, 5.74) is 7.93. The largest absolute Gasteiger partial charge is 0.399 e. The van der Waals surface area contributed by atoms with Crippen molar-refractivity contribution in [3.63, 3.8) is 0 Å². The van der Waals surface area contributed by atoms with Crippen molar-refractivity contribution in [2.24, 2.45) is 0 Å². The second kappa shape index (κ2) is 5.84. The molecule has 0 saturated carbocycles. The van der Waals surface area contributed by atoms with Crippen LogP contribution in [-0.4, -0.2) is 15.0 Å². The highest BCUT2D eigenvalue weighted by Crippen LogP contribution is 2.09. The molecule has 5 heteroatoms. The number of nitrogen functional groups attached to an aromatic ring is 1. The fraction of sp³-hybridized carbons (Fsp3) is 0.333. The zero-order valence-corrected chi connectivity index (χ0v) is 10.9. The number of anilines is 1. The summed E-state index contributed by atoms with van der Waals surface area (Å²) in [5.74, 6) is -0.0470. The van der Waals surface area contributed by atoms with Crippen molar-refractivity contribution in [1.29, 1.82) is 0 Å². The van der Waals surface area contributed by atoms with E-state index in [9.17, 15) is 8.42 Å². The summed E-state index contributed by atoms with van der Waals surface area (Å²) in [6.45, 7) is 4.17. The monoisotopic (exact) mass is 254 g/mol. The van der Waals surface area contributed by atoms with Crippen LogP contribution in [0.25, 0.3) is 0 Å². The molecule has 4 nitrogen and oxygen atoms in total. The van der Waals surface area contributed by atoms with E-state index in [1.54, 1.807) is 24.3 Å². The summed E-state index contributed by atoms with van der Waals surface area (Å²) < 4.78 is 25.9. The molecule has 1 aromatic rings. The molecule has 17 heavy (non-hydrogen) atoms. The molecule has 0 radical (unpaired) electrons. The first-order valence-electron chi connectivity index (χ1n) is 5.34. The Kier molecular flexibility index (Phi) is 4.72. The molecule has 3 N–H and O–H groups in total. The Bertz CT molecular complexity index is 503. The van der Waals surface area contributed by atoms with E-state index < -0.39 is 10.0 Å². The number of benzene rings is 1. The minimum atomic E-state index is -3.30. The van der Waals surface area contributed by atoms with Gasteiger partial charge in [-0.05, 0) is 31.5 Å². The van der Waals surface area contributed by atoms with Gasteiger partial charge in [0.05, 0.1) is 5.75 Å². The Hall–Kier alpha value is -1.33. The van der Waals surface area contributed by atoms with E-state index in [0.717, 1.165) is 5.57 Å². The van der Waals surface area contributed by atoms with Crippen LogP contribution >= 0.6 is 0 Å². The molecule has 0 aliphatic carbocycles. The number of rotatable bonds is 5. The molecule has 0 atom stereocenters. The van der Waals surface area contributed by atoms with E-state index in [1.165, 1.54) is 0 Å². The molecule has 0 saturated heterocycles. The lowest BCUT2D eigenvalue weighted by Gasteiger charge is -2.05. The van der Waals surface area contributed by atoms with Gasteiger partial charge in [-0.3, -0.25) is 0 Å². The predicted octanol–water partition coefficient (Wildman–Crippen LogP) is 1.65. The van der Waals surface area contributed by atoms with Crippen molar-refractivity contribution in [2.75, 3.05) is 12.3 Å². The van der Waals surface area contributed by atoms with Crippen LogP contribution in [0.3, 0.4) is 0 Å². The maximum atomic E-state index is 11.7. The van der Waals surface area contributed by atoms with Gasteiger partial charge in [0, 0.05) is 12.2 Å². The zero-order valence-electron chi connectivity index (χ0n) is 10.1. The van der Waals surface area contributed by atoms with E-state index in [4.69, 9.17) is 5.73 Å². The van der Waals surface area contributed by atoms with Gasteiger partial charge in [-0.15, -0.1) is 0 Å². The molecule has 94 valence electrons. The van der Waals surface area contributed by atoms with Gasteiger partial charge in [0.1, 0.15) is 0 Å². The average Bonchev–Trinajstić information content (AvgIpc) is 2.15. The first-order chi connectivity index (χ1) is 7.89. The van der Waals surface area contributed by atoms with Crippen LogP contribution in [0.5, 0.6) is 0 Å². The van der Waals surface area contributed by atoms with Crippen molar-refractivity contribution < 1.29 is 8.42 Å². The summed E-state index contributed by atoms with van der Waals surface area (Å²) in [5, 5.41) is 0. The van der Waals surface area contributed by atoms with E-state index in [0.29, 0.717) is 17.8 Å². The standard InChI is InChI=1S/C12H18N2O2S/c1-10(2)6-7-14-17(15,16)9-11-4-3-5-12(13)8-11/h3-6,8,14H,7,9,13H2,1-2H3. The highest BCUT2D eigenvalue weighted by molar-refractivity contribution is 7.88. The van der Waals surface area contributed by atoms with Crippen molar-refractivity contribution in [1.82, 2.24) is 4.72 Å². The maximum absolute atomic E-state index is 11.7. The number of hydrogen-bond donors (Lipinski definition) is 2. The van der Waals surface area contributed by atoms with Crippen molar-refractivity contribution in [3.05, 3.63) is 41.5 Å². The minimum Gasteiger partial charge on any atom is -0.399 e. The van der Waals surface area contributed by atoms with E-state index in [-0.39, 0.29) is 5.75 Å². The molecular weight excluding hydrogens is 236 g/mol. The van der Waals surface area contributed by atoms with Crippen molar-refractivity contribution in [3.8, 4) is 0 Å². The summed E-state index contributed by atoms with van der Waals surface area (Å²) in [4.78, 5) is 0. The Morgan fingerprint density at radius 3 is 2.71 bits per heavy atom. The highest BCUT2D eigenvalue weighted by Gasteiger charge is 2.10. The van der Waals surface area contributed by atoms with Gasteiger partial charge >= 0.3 is 0 Å². The SMILES string of the molecule is CC(C)=CCNS(=O)(=O)Cc1cccc(N)c1. The number of hydrogen-bond acceptors (Lipinski definition) is 3. The Balaban J connectivity index is 2.64. The topological polar surface area (TPSA) is 72.2 Å². The smallest absolute Gasteiger partial charge is 0.216 e. The predicted molar refractivity (Wildman–Crippen MR) is 70.9 cm³/mol. The Labute approximate surface area is 103 Å². The van der Waals surface area contributed by atoms with E-state index in [1.807, 2.05) is 19.9 Å². The fourth-order valence-electron chi connectivity index (χ4n) is 1.33. The van der Waals surface area contributed by atoms with Crippen LogP contribution in [0.2, 0.25) is 0 Å². The van der Waals surface area contributed by atoms with Crippen LogP contribution in [0.15, 0.2) is 35.9 Å². The summed E-state index contributed by atoms with van der Waals surface area (Å²) >= 11 is 0. The first kappa shape index (κ1) is 13.7. The van der Waals surface area contributed by atoms with Crippen LogP contribution in [0.4, 0.5) is 5.69 Å². The van der Waals surface area contributed by atoms with Crippen LogP contribution in [-0.2, 0) is 15.8 Å². The highest BCUT2D eigenvalue weighted by atomic mass is 32.2. The third-order valence-corrected chi connectivity index (χ3v) is 3.44. The molecule has 0 aliphatic rings. The molecular formula is C12H18N2O2S. The van der Waals surface area contributed by atoms with E-state index in [2.05, 4.69) is 4.72 Å². The molecule has 0 unspecified atom stereocenters. The minimum absolute atomic E-state index is 0.0470. The number of nitrogens with two attached hydrogens (primary N) is 1. The van der Waals surface area contributed by atoms with Crippen molar-refractivity contribution >= 4 is 15.7 Å². The van der Waals surface area contributed by atoms with Gasteiger partial charge in [-0.1, -0.05) is 23.8 Å². The molecule has 0 bridgehead atoms. The number of sulfonamides is 1. The van der Waals surface area contributed by atoms with Crippen LogP contribution < -0.4 is 10.5 Å². The van der Waals surface area contributed by atoms with Crippen LogP contribution in [0.1, 0.15) is 19.4 Å². The molecule has 0 fully saturated rings. The van der Waals surface area contributed by atoms with Gasteiger partial charge in [0.25, 0.3) is 0 Å². The third-order valence-electron chi connectivity index (χ3n) is 2.12. The summed E-state index contributed by atoms with van der Waals surface area (Å²) in [6, 6.07) is 6.89. The third kappa shape index (κ3) is 5.51. The fourth-order valence-corrected chi connectivity index (χ4v) is 2.38. The molecule has 0 aromatic heterocycles. The van der Waals surface area contributed by atoms with Crippen LogP contribution in [0, 0.1) is 0 Å². The van der Waals surface area contributed by atoms with Gasteiger partial charge in [-0.25, -0.2) is 13.1 Å². The van der Waals surface area contributed by atoms with Gasteiger partial charge < -0.3 is 5.73 Å². The Morgan fingerprint density at radius 2 is 2.12 bits per heavy atom. The van der Waals surface area contributed by atoms with Gasteiger partial charge in [-0.2, -0.15) is 0 Å². The Morgan fingerprint density at radius 1 is 1.41 bits per heavy atom. The average molecular weight is 254 g/mol. The lowest BCUT2D eigenvalue weighted by Crippen LogP contribution is -2.25. The second-order valence-corrected chi connectivity index (χ2v) is 5.94. The molecule has 0 amide bonds.